The van der Waals surface area contributed by atoms with Crippen LogP contribution >= 0.6 is 0 Å². The first-order valence-corrected chi connectivity index (χ1v) is 10.7. The molecule has 2 N–H and O–H groups in total. The Morgan fingerprint density at radius 2 is 1.64 bits per heavy atom. The van der Waals surface area contributed by atoms with Gasteiger partial charge in [0, 0.05) is 19.6 Å². The molecule has 3 rings (SSSR count). The van der Waals surface area contributed by atoms with Gasteiger partial charge >= 0.3 is 6.03 Å². The first-order chi connectivity index (χ1) is 15.9. The van der Waals surface area contributed by atoms with E-state index in [0.717, 1.165) is 28.8 Å². The van der Waals surface area contributed by atoms with Crippen LogP contribution in [-0.4, -0.2) is 38.1 Å². The number of alkyl halides is 2. The smallest absolute Gasteiger partial charge is 0.315 e. The molecule has 33 heavy (non-hydrogen) atoms. The number of rotatable bonds is 10. The molecule has 0 saturated heterocycles. The number of benzene rings is 3. The molecule has 7 heteroatoms. The number of hydrogen-bond acceptors (Lipinski definition) is 3. The normalized spacial score (nSPS) is 11.0. The van der Waals surface area contributed by atoms with E-state index < -0.39 is 13.0 Å². The molecule has 0 unspecified atom stereocenters. The molecule has 2 amide bonds. The van der Waals surface area contributed by atoms with Crippen molar-refractivity contribution in [3.63, 3.8) is 0 Å². The third kappa shape index (κ3) is 7.88. The lowest BCUT2D eigenvalue weighted by molar-refractivity contribution is 0.0818. The van der Waals surface area contributed by atoms with Crippen molar-refractivity contribution in [3.8, 4) is 16.9 Å². The van der Waals surface area contributed by atoms with Gasteiger partial charge in [-0.15, -0.1) is 0 Å². The van der Waals surface area contributed by atoms with Crippen LogP contribution in [0.25, 0.3) is 11.1 Å². The first kappa shape index (κ1) is 24.2. The van der Waals surface area contributed by atoms with Crippen LogP contribution in [0.1, 0.15) is 16.7 Å². The number of halogens is 2. The van der Waals surface area contributed by atoms with Gasteiger partial charge in [-0.3, -0.25) is 0 Å². The minimum absolute atomic E-state index is 0.257. The zero-order chi connectivity index (χ0) is 23.6. The van der Waals surface area contributed by atoms with E-state index in [-0.39, 0.29) is 12.6 Å². The highest BCUT2D eigenvalue weighted by Crippen LogP contribution is 2.24. The summed E-state index contributed by atoms with van der Waals surface area (Å²) in [6, 6.07) is 22.8. The van der Waals surface area contributed by atoms with E-state index >= 15 is 0 Å². The summed E-state index contributed by atoms with van der Waals surface area (Å²) in [4.78, 5) is 14.5. The van der Waals surface area contributed by atoms with Crippen LogP contribution in [0.3, 0.4) is 0 Å². The van der Waals surface area contributed by atoms with Crippen molar-refractivity contribution >= 4 is 6.03 Å². The zero-order valence-corrected chi connectivity index (χ0v) is 18.9. The summed E-state index contributed by atoms with van der Waals surface area (Å²) in [5.41, 5.74) is 5.17. The Morgan fingerprint density at radius 3 is 2.36 bits per heavy atom. The van der Waals surface area contributed by atoms with Gasteiger partial charge in [0.05, 0.1) is 0 Å². The van der Waals surface area contributed by atoms with Gasteiger partial charge in [0.2, 0.25) is 0 Å². The van der Waals surface area contributed by atoms with E-state index in [4.69, 9.17) is 4.74 Å². The maximum Gasteiger partial charge on any atom is 0.315 e. The minimum atomic E-state index is -2.53. The summed E-state index contributed by atoms with van der Waals surface area (Å²) in [6.07, 6.45) is -2.53. The summed E-state index contributed by atoms with van der Waals surface area (Å²) >= 11 is 0. The molecular weight excluding hydrogens is 424 g/mol. The van der Waals surface area contributed by atoms with E-state index in [9.17, 15) is 13.6 Å². The highest BCUT2D eigenvalue weighted by molar-refractivity contribution is 5.75. The fourth-order valence-corrected chi connectivity index (χ4v) is 3.44. The van der Waals surface area contributed by atoms with Crippen LogP contribution in [0, 0.1) is 0 Å². The molecule has 3 aromatic rings. The van der Waals surface area contributed by atoms with Gasteiger partial charge < -0.3 is 20.3 Å². The first-order valence-electron chi connectivity index (χ1n) is 10.7. The van der Waals surface area contributed by atoms with Crippen LogP contribution < -0.4 is 15.4 Å². The third-order valence-corrected chi connectivity index (χ3v) is 4.95. The molecular formula is C26H29F2N3O2. The van der Waals surface area contributed by atoms with Crippen molar-refractivity contribution in [2.45, 2.75) is 26.1 Å². The van der Waals surface area contributed by atoms with Crippen LogP contribution in [0.5, 0.6) is 5.75 Å². The number of amides is 2. The van der Waals surface area contributed by atoms with E-state index in [0.29, 0.717) is 12.3 Å². The predicted octanol–water partition coefficient (Wildman–Crippen LogP) is 5.06. The molecule has 0 aliphatic rings. The molecule has 0 heterocycles. The summed E-state index contributed by atoms with van der Waals surface area (Å²) < 4.78 is 29.6. The average molecular weight is 454 g/mol. The van der Waals surface area contributed by atoms with Gasteiger partial charge in [0.1, 0.15) is 12.4 Å². The van der Waals surface area contributed by atoms with Crippen LogP contribution in [-0.2, 0) is 19.6 Å². The number of urea groups is 1. The van der Waals surface area contributed by atoms with E-state index in [1.807, 2.05) is 38.4 Å². The van der Waals surface area contributed by atoms with Gasteiger partial charge in [-0.25, -0.2) is 13.6 Å². The Labute approximate surface area is 193 Å². The third-order valence-electron chi connectivity index (χ3n) is 4.95. The fraction of sp³-hybridized carbons (Fsp3) is 0.269. The number of nitrogens with one attached hydrogen (secondary N) is 2. The van der Waals surface area contributed by atoms with Gasteiger partial charge in [0.25, 0.3) is 6.43 Å². The molecule has 3 aromatic carbocycles. The lowest BCUT2D eigenvalue weighted by Crippen LogP contribution is -2.34. The average Bonchev–Trinajstić information content (AvgIpc) is 2.81. The van der Waals surface area contributed by atoms with E-state index in [2.05, 4.69) is 39.8 Å². The molecule has 0 aliphatic carbocycles. The molecule has 0 fully saturated rings. The van der Waals surface area contributed by atoms with Crippen LogP contribution in [0.4, 0.5) is 13.6 Å². The number of nitrogens with zero attached hydrogens (tertiary/aromatic N) is 1. The Balaban J connectivity index is 1.55. The van der Waals surface area contributed by atoms with Crippen molar-refractivity contribution in [1.29, 1.82) is 0 Å². The number of carbonyl (C=O) groups excluding carboxylic acids is 1. The van der Waals surface area contributed by atoms with Crippen molar-refractivity contribution in [2.75, 3.05) is 20.7 Å². The summed E-state index contributed by atoms with van der Waals surface area (Å²) in [7, 11) is 4.08. The second-order valence-corrected chi connectivity index (χ2v) is 7.98. The predicted molar refractivity (Wildman–Crippen MR) is 126 cm³/mol. The second kappa shape index (κ2) is 12.0. The maximum absolute atomic E-state index is 12.3. The van der Waals surface area contributed by atoms with Crippen molar-refractivity contribution < 1.29 is 18.3 Å². The highest BCUT2D eigenvalue weighted by atomic mass is 19.3. The number of hydrogen-bond donors (Lipinski definition) is 2. The number of carbonyl (C=O) groups is 1. The SMILES string of the molecule is CN(C)Cc1ccc(-c2ccccc2CNC(=O)NCc2cccc(OCC(F)F)c2)cc1. The molecule has 5 nitrogen and oxygen atoms in total. The van der Waals surface area contributed by atoms with Gasteiger partial charge in [-0.2, -0.15) is 0 Å². The van der Waals surface area contributed by atoms with E-state index in [1.54, 1.807) is 24.3 Å². The van der Waals surface area contributed by atoms with Gasteiger partial charge in [0.15, 0.2) is 0 Å². The Kier molecular flexibility index (Phi) is 8.78. The highest BCUT2D eigenvalue weighted by Gasteiger charge is 2.08. The standard InChI is InChI=1S/C26H29F2N3O2/c1-31(2)17-19-10-12-21(13-11-19)24-9-4-3-7-22(24)16-30-26(32)29-15-20-6-5-8-23(14-20)33-18-25(27)28/h3-14,25H,15-18H2,1-2H3,(H2,29,30,32). The Morgan fingerprint density at radius 1 is 0.909 bits per heavy atom. The summed E-state index contributed by atoms with van der Waals surface area (Å²) in [6.45, 7) is 0.853. The topological polar surface area (TPSA) is 53.6 Å². The molecule has 174 valence electrons. The van der Waals surface area contributed by atoms with Gasteiger partial charge in [-0.05, 0) is 54.0 Å². The lowest BCUT2D eigenvalue weighted by Gasteiger charge is -2.13. The molecule has 0 radical (unpaired) electrons. The zero-order valence-electron chi connectivity index (χ0n) is 18.9. The van der Waals surface area contributed by atoms with Crippen molar-refractivity contribution in [1.82, 2.24) is 15.5 Å². The maximum atomic E-state index is 12.3. The molecule has 0 aliphatic heterocycles. The molecule has 0 bridgehead atoms. The van der Waals surface area contributed by atoms with Gasteiger partial charge in [-0.1, -0.05) is 60.7 Å². The van der Waals surface area contributed by atoms with Crippen LogP contribution in [0.15, 0.2) is 72.8 Å². The monoisotopic (exact) mass is 453 g/mol. The fourth-order valence-electron chi connectivity index (χ4n) is 3.44. The number of ether oxygens (including phenoxy) is 1. The van der Waals surface area contributed by atoms with Crippen LogP contribution in [0.2, 0.25) is 0 Å². The van der Waals surface area contributed by atoms with E-state index in [1.165, 1.54) is 5.56 Å². The van der Waals surface area contributed by atoms with Crippen molar-refractivity contribution in [2.24, 2.45) is 0 Å². The molecule has 0 aromatic heterocycles. The minimum Gasteiger partial charge on any atom is -0.488 e. The molecule has 0 atom stereocenters. The molecule has 0 spiro atoms. The summed E-state index contributed by atoms with van der Waals surface area (Å²) in [5, 5.41) is 5.67. The largest absolute Gasteiger partial charge is 0.488 e. The summed E-state index contributed by atoms with van der Waals surface area (Å²) in [5.74, 6) is 0.348. The Hall–Kier alpha value is -3.45. The quantitative estimate of drug-likeness (QED) is 0.451. The lowest BCUT2D eigenvalue weighted by atomic mass is 9.98. The second-order valence-electron chi connectivity index (χ2n) is 7.98. The Bertz CT molecular complexity index is 1040. The van der Waals surface area contributed by atoms with Crippen molar-refractivity contribution in [3.05, 3.63) is 89.5 Å². The molecule has 0 saturated carbocycles.